The molecule has 0 radical (unpaired) electrons. The Morgan fingerprint density at radius 1 is 1.36 bits per heavy atom. The van der Waals surface area contributed by atoms with E-state index in [-0.39, 0.29) is 35.6 Å². The number of esters is 1. The van der Waals surface area contributed by atoms with Gasteiger partial charge in [0.25, 0.3) is 0 Å². The molecule has 5 atom stereocenters. The lowest BCUT2D eigenvalue weighted by molar-refractivity contribution is -0.168. The number of aliphatic hydroxyl groups is 2. The second kappa shape index (κ2) is 6.36. The van der Waals surface area contributed by atoms with Crippen LogP contribution in [-0.4, -0.2) is 41.3 Å². The van der Waals surface area contributed by atoms with Crippen molar-refractivity contribution in [1.29, 1.82) is 0 Å². The molecule has 0 aromatic carbocycles. The van der Waals surface area contributed by atoms with Crippen LogP contribution < -0.4 is 0 Å². The van der Waals surface area contributed by atoms with Crippen LogP contribution in [0.3, 0.4) is 0 Å². The van der Waals surface area contributed by atoms with E-state index in [1.165, 1.54) is 0 Å². The van der Waals surface area contributed by atoms with Gasteiger partial charge in [-0.05, 0) is 55.4 Å². The summed E-state index contributed by atoms with van der Waals surface area (Å²) in [7, 11) is 0. The standard InChI is InChI=1S/C20H28O5/c1-12-4-7-16-19(2,10-15(22)17(23)20(16,3)11-21)14(12)6-5-13-8-9-25-18(13)24/h8,14-16,21-22H,1,4-7,9-11H2,2-3H3/t14-,15+,16+,19+,20+/m1/s1. The maximum atomic E-state index is 12.6. The molecule has 2 fully saturated rings. The summed E-state index contributed by atoms with van der Waals surface area (Å²) < 4.78 is 4.97. The van der Waals surface area contributed by atoms with Crippen molar-refractivity contribution in [3.8, 4) is 0 Å². The lowest BCUT2D eigenvalue weighted by Crippen LogP contribution is -2.60. The summed E-state index contributed by atoms with van der Waals surface area (Å²) in [5.41, 5.74) is 0.587. The molecule has 0 spiro atoms. The summed E-state index contributed by atoms with van der Waals surface area (Å²) in [4.78, 5) is 24.3. The van der Waals surface area contributed by atoms with Gasteiger partial charge in [0.15, 0.2) is 5.78 Å². The first-order valence-electron chi connectivity index (χ1n) is 9.11. The van der Waals surface area contributed by atoms with Gasteiger partial charge in [-0.3, -0.25) is 4.79 Å². The number of cyclic esters (lactones) is 1. The highest BCUT2D eigenvalue weighted by Gasteiger charge is 2.60. The first-order valence-corrected chi connectivity index (χ1v) is 9.11. The van der Waals surface area contributed by atoms with Crippen molar-refractivity contribution < 1.29 is 24.5 Å². The zero-order valence-electron chi connectivity index (χ0n) is 15.1. The molecule has 25 heavy (non-hydrogen) atoms. The van der Waals surface area contributed by atoms with Crippen LogP contribution >= 0.6 is 0 Å². The van der Waals surface area contributed by atoms with Crippen LogP contribution in [0.2, 0.25) is 0 Å². The van der Waals surface area contributed by atoms with Crippen LogP contribution in [0.5, 0.6) is 0 Å². The topological polar surface area (TPSA) is 83.8 Å². The van der Waals surface area contributed by atoms with Crippen LogP contribution in [0.1, 0.15) is 46.0 Å². The highest BCUT2D eigenvalue weighted by Crippen LogP contribution is 2.60. The van der Waals surface area contributed by atoms with Crippen LogP contribution in [-0.2, 0) is 14.3 Å². The fourth-order valence-electron chi connectivity index (χ4n) is 5.56. The molecule has 0 unspecified atom stereocenters. The van der Waals surface area contributed by atoms with Gasteiger partial charge in [0.2, 0.25) is 0 Å². The first-order chi connectivity index (χ1) is 11.7. The molecule has 2 aliphatic carbocycles. The number of aliphatic hydroxyl groups excluding tert-OH is 2. The maximum Gasteiger partial charge on any atom is 0.334 e. The number of Topliss-reactive ketones (excluding diaryl/α,β-unsaturated/α-hetero) is 1. The number of hydrogen-bond acceptors (Lipinski definition) is 5. The molecule has 0 aromatic heterocycles. The minimum atomic E-state index is -1.05. The average Bonchev–Trinajstić information content (AvgIpc) is 2.97. The molecule has 2 saturated carbocycles. The van der Waals surface area contributed by atoms with Gasteiger partial charge in [0.1, 0.15) is 12.7 Å². The van der Waals surface area contributed by atoms with Crippen LogP contribution in [0.25, 0.3) is 0 Å². The number of fused-ring (bicyclic) bond motifs is 1. The van der Waals surface area contributed by atoms with Gasteiger partial charge < -0.3 is 14.9 Å². The Morgan fingerprint density at radius 3 is 2.68 bits per heavy atom. The summed E-state index contributed by atoms with van der Waals surface area (Å²) in [5.74, 6) is -0.386. The third-order valence-electron chi connectivity index (χ3n) is 6.94. The van der Waals surface area contributed by atoms with E-state index in [2.05, 4.69) is 13.5 Å². The normalized spacial score (nSPS) is 41.4. The van der Waals surface area contributed by atoms with E-state index in [1.54, 1.807) is 6.92 Å². The summed E-state index contributed by atoms with van der Waals surface area (Å²) in [5, 5.41) is 20.4. The third kappa shape index (κ3) is 2.77. The lowest BCUT2D eigenvalue weighted by Gasteiger charge is -2.58. The van der Waals surface area contributed by atoms with E-state index >= 15 is 0 Å². The molecule has 0 aromatic rings. The van der Waals surface area contributed by atoms with E-state index in [1.807, 2.05) is 6.08 Å². The van der Waals surface area contributed by atoms with Crippen molar-refractivity contribution >= 4 is 11.8 Å². The third-order valence-corrected chi connectivity index (χ3v) is 6.94. The van der Waals surface area contributed by atoms with Gasteiger partial charge >= 0.3 is 5.97 Å². The molecule has 0 amide bonds. The number of ketones is 1. The SMILES string of the molecule is C=C1CC[C@H]2[C@@](C)(C[C@H](O)C(=O)[C@@]2(C)CO)[C@@H]1CCC1=CCOC1=O. The molecule has 1 aliphatic heterocycles. The van der Waals surface area contributed by atoms with Crippen molar-refractivity contribution in [3.63, 3.8) is 0 Å². The predicted molar refractivity (Wildman–Crippen MR) is 92.6 cm³/mol. The monoisotopic (exact) mass is 348 g/mol. The molecule has 2 N–H and O–H groups in total. The number of hydrogen-bond donors (Lipinski definition) is 2. The molecule has 5 nitrogen and oxygen atoms in total. The molecule has 0 saturated heterocycles. The van der Waals surface area contributed by atoms with E-state index in [4.69, 9.17) is 4.74 Å². The van der Waals surface area contributed by atoms with Gasteiger partial charge in [-0.2, -0.15) is 0 Å². The molecule has 3 aliphatic rings. The fraction of sp³-hybridized carbons (Fsp3) is 0.700. The fourth-order valence-corrected chi connectivity index (χ4v) is 5.56. The van der Waals surface area contributed by atoms with Gasteiger partial charge in [-0.1, -0.05) is 26.0 Å². The maximum absolute atomic E-state index is 12.6. The number of carbonyl (C=O) groups excluding carboxylic acids is 2. The summed E-state index contributed by atoms with van der Waals surface area (Å²) in [6.07, 6.45) is 4.13. The van der Waals surface area contributed by atoms with Crippen molar-refractivity contribution in [1.82, 2.24) is 0 Å². The summed E-state index contributed by atoms with van der Waals surface area (Å²) in [6.45, 7) is 8.23. The number of carbonyl (C=O) groups is 2. The Hall–Kier alpha value is -1.46. The van der Waals surface area contributed by atoms with Gasteiger partial charge in [-0.25, -0.2) is 4.79 Å². The predicted octanol–water partition coefficient (Wildman–Crippen LogP) is 2.17. The molecule has 1 heterocycles. The minimum absolute atomic E-state index is 0.000842. The molecular weight excluding hydrogens is 320 g/mol. The lowest BCUT2D eigenvalue weighted by atomic mass is 9.46. The summed E-state index contributed by atoms with van der Waals surface area (Å²) >= 11 is 0. The Bertz CT molecular complexity index is 636. The smallest absolute Gasteiger partial charge is 0.334 e. The number of ether oxygens (including phenoxy) is 1. The van der Waals surface area contributed by atoms with E-state index in [0.29, 0.717) is 25.0 Å². The minimum Gasteiger partial charge on any atom is -0.458 e. The second-order valence-electron chi connectivity index (χ2n) is 8.33. The van der Waals surface area contributed by atoms with E-state index in [0.717, 1.165) is 24.8 Å². The average molecular weight is 348 g/mol. The van der Waals surface area contributed by atoms with Crippen LogP contribution in [0, 0.1) is 22.7 Å². The van der Waals surface area contributed by atoms with Crippen LogP contribution in [0.15, 0.2) is 23.8 Å². The zero-order chi connectivity index (χ0) is 18.4. The zero-order valence-corrected chi connectivity index (χ0v) is 15.1. The molecule has 3 rings (SSSR count). The Balaban J connectivity index is 1.88. The van der Waals surface area contributed by atoms with Gasteiger partial charge in [-0.15, -0.1) is 0 Å². The van der Waals surface area contributed by atoms with Crippen molar-refractivity contribution in [2.45, 2.75) is 52.1 Å². The molecule has 138 valence electrons. The van der Waals surface area contributed by atoms with Crippen molar-refractivity contribution in [3.05, 3.63) is 23.8 Å². The Morgan fingerprint density at radius 2 is 2.08 bits per heavy atom. The highest BCUT2D eigenvalue weighted by atomic mass is 16.5. The van der Waals surface area contributed by atoms with Crippen LogP contribution in [0.4, 0.5) is 0 Å². The highest BCUT2D eigenvalue weighted by molar-refractivity contribution is 5.90. The Labute approximate surface area is 148 Å². The molecular formula is C20H28O5. The Kier molecular flexibility index (Phi) is 4.67. The largest absolute Gasteiger partial charge is 0.458 e. The first kappa shape index (κ1) is 18.3. The molecule has 0 bridgehead atoms. The van der Waals surface area contributed by atoms with Crippen molar-refractivity contribution in [2.24, 2.45) is 22.7 Å². The molecule has 5 heteroatoms. The van der Waals surface area contributed by atoms with Crippen molar-refractivity contribution in [2.75, 3.05) is 13.2 Å². The quantitative estimate of drug-likeness (QED) is 0.601. The van der Waals surface area contributed by atoms with E-state index < -0.39 is 11.5 Å². The second-order valence-corrected chi connectivity index (χ2v) is 8.33. The van der Waals surface area contributed by atoms with Gasteiger partial charge in [0.05, 0.1) is 12.0 Å². The number of rotatable bonds is 4. The van der Waals surface area contributed by atoms with E-state index in [9.17, 15) is 19.8 Å². The van der Waals surface area contributed by atoms with Gasteiger partial charge in [0, 0.05) is 5.57 Å². The summed E-state index contributed by atoms with van der Waals surface area (Å²) in [6, 6.07) is 0. The number of allylic oxidation sites excluding steroid dienone is 1.